The third-order valence-electron chi connectivity index (χ3n) is 4.69. The molecule has 0 saturated carbocycles. The Kier molecular flexibility index (Phi) is 3.98. The van der Waals surface area contributed by atoms with Crippen molar-refractivity contribution in [3.63, 3.8) is 0 Å². The smallest absolute Gasteiger partial charge is 0.272 e. The van der Waals surface area contributed by atoms with Gasteiger partial charge in [0.1, 0.15) is 5.69 Å². The fraction of sp³-hybridized carbons (Fsp3) is 0.647. The molecule has 4 nitrogen and oxygen atoms in total. The normalized spacial score (nSPS) is 20.5. The molecule has 0 unspecified atom stereocenters. The fourth-order valence-corrected chi connectivity index (χ4v) is 3.10. The van der Waals surface area contributed by atoms with Gasteiger partial charge in [0.15, 0.2) is 0 Å². The van der Waals surface area contributed by atoms with Gasteiger partial charge in [0.2, 0.25) is 0 Å². The molecule has 0 spiro atoms. The van der Waals surface area contributed by atoms with Gasteiger partial charge in [0, 0.05) is 32.7 Å². The molecule has 1 aromatic rings. The molecule has 3 rings (SSSR count). The van der Waals surface area contributed by atoms with Crippen molar-refractivity contribution in [2.24, 2.45) is 17.8 Å². The molecule has 21 heavy (non-hydrogen) atoms. The molecule has 0 N–H and O–H groups in total. The lowest BCUT2D eigenvalue weighted by molar-refractivity contribution is 0.0518. The Morgan fingerprint density at radius 1 is 1.29 bits per heavy atom. The van der Waals surface area contributed by atoms with Gasteiger partial charge in [0.25, 0.3) is 5.91 Å². The molecule has 2 aliphatic heterocycles. The Bertz CT molecular complexity index is 517. The van der Waals surface area contributed by atoms with Crippen LogP contribution < -0.4 is 0 Å². The van der Waals surface area contributed by atoms with Crippen LogP contribution in [-0.4, -0.2) is 46.9 Å². The second kappa shape index (κ2) is 5.76. The number of carbonyl (C=O) groups is 1. The number of aromatic nitrogens is 1. The number of hydrogen-bond donors (Lipinski definition) is 0. The van der Waals surface area contributed by atoms with Gasteiger partial charge in [-0.2, -0.15) is 0 Å². The molecule has 0 radical (unpaired) electrons. The van der Waals surface area contributed by atoms with Crippen LogP contribution in [0.1, 0.15) is 37.0 Å². The van der Waals surface area contributed by atoms with E-state index in [4.69, 9.17) is 0 Å². The summed E-state index contributed by atoms with van der Waals surface area (Å²) in [5.74, 6) is 2.29. The lowest BCUT2D eigenvalue weighted by Crippen LogP contribution is -2.49. The van der Waals surface area contributed by atoms with Crippen molar-refractivity contribution in [3.8, 4) is 0 Å². The third-order valence-corrected chi connectivity index (χ3v) is 4.69. The molecule has 0 aliphatic carbocycles. The van der Waals surface area contributed by atoms with E-state index in [1.807, 2.05) is 23.1 Å². The van der Waals surface area contributed by atoms with Gasteiger partial charge in [0.05, 0.1) is 5.69 Å². The molecular weight excluding hydrogens is 262 g/mol. The zero-order chi connectivity index (χ0) is 15.0. The molecule has 114 valence electrons. The molecular formula is C17H25N3O. The largest absolute Gasteiger partial charge is 0.337 e. The van der Waals surface area contributed by atoms with Crippen LogP contribution in [0.15, 0.2) is 18.2 Å². The maximum atomic E-state index is 12.3. The average Bonchev–Trinajstić information content (AvgIpc) is 2.38. The summed E-state index contributed by atoms with van der Waals surface area (Å²) in [5, 5.41) is 0. The van der Waals surface area contributed by atoms with Crippen molar-refractivity contribution >= 4 is 5.91 Å². The average molecular weight is 287 g/mol. The second-order valence-electron chi connectivity index (χ2n) is 7.03. The summed E-state index contributed by atoms with van der Waals surface area (Å²) in [4.78, 5) is 21.1. The van der Waals surface area contributed by atoms with Gasteiger partial charge in [-0.25, -0.2) is 4.98 Å². The molecule has 0 atom stereocenters. The highest BCUT2D eigenvalue weighted by Crippen LogP contribution is 2.24. The van der Waals surface area contributed by atoms with Gasteiger partial charge < -0.3 is 4.90 Å². The summed E-state index contributed by atoms with van der Waals surface area (Å²) in [6, 6.07) is 5.82. The van der Waals surface area contributed by atoms with E-state index in [0.29, 0.717) is 11.6 Å². The van der Waals surface area contributed by atoms with Crippen molar-refractivity contribution < 1.29 is 4.79 Å². The summed E-state index contributed by atoms with van der Waals surface area (Å²) in [7, 11) is 0. The molecule has 2 fully saturated rings. The van der Waals surface area contributed by atoms with Gasteiger partial charge in [-0.3, -0.25) is 9.69 Å². The van der Waals surface area contributed by atoms with Crippen LogP contribution in [0.4, 0.5) is 0 Å². The van der Waals surface area contributed by atoms with Crippen molar-refractivity contribution in [1.82, 2.24) is 14.8 Å². The minimum absolute atomic E-state index is 0.0821. The van der Waals surface area contributed by atoms with Crippen LogP contribution in [0, 0.1) is 17.8 Å². The fourth-order valence-electron chi connectivity index (χ4n) is 3.10. The van der Waals surface area contributed by atoms with E-state index in [2.05, 4.69) is 30.7 Å². The molecule has 2 saturated heterocycles. The number of likely N-dealkylation sites (tertiary alicyclic amines) is 2. The first-order valence-corrected chi connectivity index (χ1v) is 8.00. The highest BCUT2D eigenvalue weighted by Gasteiger charge is 2.30. The van der Waals surface area contributed by atoms with Crippen LogP contribution in [0.5, 0.6) is 0 Å². The summed E-state index contributed by atoms with van der Waals surface area (Å²) in [5.41, 5.74) is 1.61. The number of amides is 1. The molecule has 1 amide bonds. The van der Waals surface area contributed by atoms with E-state index >= 15 is 0 Å². The van der Waals surface area contributed by atoms with Crippen LogP contribution in [0.3, 0.4) is 0 Å². The Hall–Kier alpha value is -1.42. The molecule has 1 aromatic heterocycles. The summed E-state index contributed by atoms with van der Waals surface area (Å²) < 4.78 is 0. The van der Waals surface area contributed by atoms with E-state index in [-0.39, 0.29) is 5.91 Å². The van der Waals surface area contributed by atoms with Crippen molar-refractivity contribution in [3.05, 3.63) is 29.6 Å². The highest BCUT2D eigenvalue weighted by molar-refractivity contribution is 5.92. The van der Waals surface area contributed by atoms with Gasteiger partial charge in [-0.1, -0.05) is 26.8 Å². The number of rotatable bonds is 4. The minimum atomic E-state index is 0.0821. The number of hydrogen-bond acceptors (Lipinski definition) is 3. The van der Waals surface area contributed by atoms with Gasteiger partial charge in [-0.15, -0.1) is 0 Å². The van der Waals surface area contributed by atoms with Crippen molar-refractivity contribution in [2.45, 2.75) is 27.3 Å². The second-order valence-corrected chi connectivity index (χ2v) is 7.03. The van der Waals surface area contributed by atoms with Crippen LogP contribution in [0.2, 0.25) is 0 Å². The third kappa shape index (κ3) is 3.10. The van der Waals surface area contributed by atoms with Crippen LogP contribution >= 0.6 is 0 Å². The van der Waals surface area contributed by atoms with E-state index in [1.54, 1.807) is 0 Å². The topological polar surface area (TPSA) is 36.4 Å². The highest BCUT2D eigenvalue weighted by atomic mass is 16.2. The van der Waals surface area contributed by atoms with Crippen molar-refractivity contribution in [1.29, 1.82) is 0 Å². The number of carbonyl (C=O) groups excluding carboxylic acids is 1. The van der Waals surface area contributed by atoms with E-state index in [1.165, 1.54) is 0 Å². The standard InChI is InChI=1S/C17H25N3O/c1-12(2)14-9-19(10-14)11-15-5-4-6-16(18-15)17(21)20-7-13(3)8-20/h4-6,12-14H,7-11H2,1-3H3. The maximum absolute atomic E-state index is 12.3. The summed E-state index contributed by atoms with van der Waals surface area (Å²) in [6.07, 6.45) is 0. The predicted molar refractivity (Wildman–Crippen MR) is 82.9 cm³/mol. The first-order chi connectivity index (χ1) is 10.0. The quantitative estimate of drug-likeness (QED) is 0.852. The predicted octanol–water partition coefficient (Wildman–Crippen LogP) is 2.26. The summed E-state index contributed by atoms with van der Waals surface area (Å²) in [6.45, 7) is 11.6. The minimum Gasteiger partial charge on any atom is -0.337 e. The molecule has 4 heteroatoms. The van der Waals surface area contributed by atoms with Crippen molar-refractivity contribution in [2.75, 3.05) is 26.2 Å². The van der Waals surface area contributed by atoms with Gasteiger partial charge >= 0.3 is 0 Å². The monoisotopic (exact) mass is 287 g/mol. The van der Waals surface area contributed by atoms with E-state index < -0.39 is 0 Å². The van der Waals surface area contributed by atoms with E-state index in [0.717, 1.165) is 50.3 Å². The summed E-state index contributed by atoms with van der Waals surface area (Å²) >= 11 is 0. The molecule has 0 bridgehead atoms. The number of nitrogens with zero attached hydrogens (tertiary/aromatic N) is 3. The zero-order valence-electron chi connectivity index (χ0n) is 13.2. The number of pyridine rings is 1. The Morgan fingerprint density at radius 3 is 2.62 bits per heavy atom. The Balaban J connectivity index is 1.58. The van der Waals surface area contributed by atoms with Crippen LogP contribution in [0.25, 0.3) is 0 Å². The van der Waals surface area contributed by atoms with Gasteiger partial charge in [-0.05, 0) is 29.9 Å². The molecule has 3 heterocycles. The molecule has 2 aliphatic rings. The Labute approximate surface area is 127 Å². The SMILES string of the molecule is CC1CN(C(=O)c2cccc(CN3CC(C(C)C)C3)n2)C1. The first kappa shape index (κ1) is 14.5. The van der Waals surface area contributed by atoms with Crippen LogP contribution in [-0.2, 0) is 6.54 Å². The zero-order valence-corrected chi connectivity index (χ0v) is 13.2. The maximum Gasteiger partial charge on any atom is 0.272 e. The lowest BCUT2D eigenvalue weighted by atomic mass is 9.88. The van der Waals surface area contributed by atoms with E-state index in [9.17, 15) is 4.79 Å². The molecule has 0 aromatic carbocycles. The lowest BCUT2D eigenvalue weighted by Gasteiger charge is -2.41. The Morgan fingerprint density at radius 2 is 2.00 bits per heavy atom. The first-order valence-electron chi connectivity index (χ1n) is 8.00.